The summed E-state index contributed by atoms with van der Waals surface area (Å²) in [5, 5.41) is 24.4. The van der Waals surface area contributed by atoms with Gasteiger partial charge in [-0.2, -0.15) is 0 Å². The Morgan fingerprint density at radius 3 is 2.47 bits per heavy atom. The van der Waals surface area contributed by atoms with E-state index < -0.39 is 12.1 Å². The number of aromatic carboxylic acids is 1. The quantitative estimate of drug-likeness (QED) is 0.218. The summed E-state index contributed by atoms with van der Waals surface area (Å²) in [6, 6.07) is 28.4. The Morgan fingerprint density at radius 2 is 1.71 bits per heavy atom. The van der Waals surface area contributed by atoms with Gasteiger partial charge in [-0.15, -0.1) is 12.4 Å². The number of aryl methyl sites for hydroxylation is 1. The predicted octanol–water partition coefficient (Wildman–Crippen LogP) is 7.10. The van der Waals surface area contributed by atoms with E-state index in [2.05, 4.69) is 23.5 Å². The van der Waals surface area contributed by atoms with E-state index in [0.29, 0.717) is 23.1 Å². The Balaban J connectivity index is 0.00000336. The van der Waals surface area contributed by atoms with Gasteiger partial charge in [0.15, 0.2) is 0 Å². The van der Waals surface area contributed by atoms with Crippen molar-refractivity contribution in [3.63, 3.8) is 0 Å². The van der Waals surface area contributed by atoms with Gasteiger partial charge in [0.1, 0.15) is 17.1 Å². The number of carbonyl (C=O) groups is 1. The lowest BCUT2D eigenvalue weighted by Gasteiger charge is -2.27. The number of aliphatic hydroxyl groups is 1. The Labute approximate surface area is 233 Å². The molecule has 196 valence electrons. The standard InChI is InChI=1S/C31H28ClNO4.ClH/c32-25-6-4-5-23(16-25)29(34)19-33-26-13-11-20-9-10-21(15-24(20)17-26)22-12-14-28(31(35)36)30(18-22)37-27-7-2-1-3-8-27;/h1-10,12,14-16,18,26,29,33-34H,11,13,17,19H2,(H,35,36);1H/t26-,29-;/m0./s1. The number of benzene rings is 4. The van der Waals surface area contributed by atoms with Crippen molar-refractivity contribution in [3.05, 3.63) is 118 Å². The minimum Gasteiger partial charge on any atom is -0.478 e. The zero-order chi connectivity index (χ0) is 25.8. The molecule has 5 rings (SSSR count). The number of halogens is 2. The second-order valence-electron chi connectivity index (χ2n) is 9.33. The Hall–Kier alpha value is -3.35. The van der Waals surface area contributed by atoms with E-state index in [1.165, 1.54) is 11.1 Å². The van der Waals surface area contributed by atoms with Gasteiger partial charge >= 0.3 is 5.97 Å². The van der Waals surface area contributed by atoms with E-state index >= 15 is 0 Å². The topological polar surface area (TPSA) is 78.8 Å². The maximum atomic E-state index is 11.8. The number of aliphatic hydroxyl groups excluding tert-OH is 1. The maximum absolute atomic E-state index is 11.8. The van der Waals surface area contributed by atoms with Gasteiger partial charge in [-0.25, -0.2) is 4.79 Å². The van der Waals surface area contributed by atoms with Crippen LogP contribution in [0.25, 0.3) is 11.1 Å². The molecule has 0 bridgehead atoms. The van der Waals surface area contributed by atoms with Gasteiger partial charge in [0.25, 0.3) is 0 Å². The van der Waals surface area contributed by atoms with Crippen LogP contribution < -0.4 is 10.1 Å². The van der Waals surface area contributed by atoms with Gasteiger partial charge < -0.3 is 20.3 Å². The summed E-state index contributed by atoms with van der Waals surface area (Å²) in [6.07, 6.45) is 2.19. The fraction of sp³-hybridized carbons (Fsp3) is 0.194. The van der Waals surface area contributed by atoms with Crippen LogP contribution in [-0.2, 0) is 12.8 Å². The fourth-order valence-corrected chi connectivity index (χ4v) is 5.00. The van der Waals surface area contributed by atoms with Crippen molar-refractivity contribution >= 4 is 30.0 Å². The molecule has 7 heteroatoms. The van der Waals surface area contributed by atoms with Gasteiger partial charge in [0.05, 0.1) is 6.10 Å². The number of nitrogens with one attached hydrogen (secondary N) is 1. The summed E-state index contributed by atoms with van der Waals surface area (Å²) in [5.74, 6) is -0.137. The third-order valence-electron chi connectivity index (χ3n) is 6.78. The van der Waals surface area contributed by atoms with Crippen LogP contribution >= 0.6 is 24.0 Å². The highest BCUT2D eigenvalue weighted by atomic mass is 35.5. The van der Waals surface area contributed by atoms with Crippen LogP contribution in [0, 0.1) is 0 Å². The van der Waals surface area contributed by atoms with Crippen LogP contribution in [0.3, 0.4) is 0 Å². The summed E-state index contributed by atoms with van der Waals surface area (Å²) >= 11 is 6.07. The largest absolute Gasteiger partial charge is 0.478 e. The minimum atomic E-state index is -1.03. The maximum Gasteiger partial charge on any atom is 0.339 e. The number of rotatable bonds is 8. The van der Waals surface area contributed by atoms with Gasteiger partial charge in [-0.1, -0.05) is 66.2 Å². The third kappa shape index (κ3) is 6.55. The first-order valence-corrected chi connectivity index (χ1v) is 12.7. The zero-order valence-corrected chi connectivity index (χ0v) is 22.2. The highest BCUT2D eigenvalue weighted by molar-refractivity contribution is 6.30. The lowest BCUT2D eigenvalue weighted by molar-refractivity contribution is 0.0694. The molecule has 4 aromatic carbocycles. The molecule has 0 amide bonds. The molecule has 1 aliphatic carbocycles. The number of ether oxygens (including phenoxy) is 1. The fourth-order valence-electron chi connectivity index (χ4n) is 4.80. The Kier molecular flexibility index (Phi) is 9.08. The minimum absolute atomic E-state index is 0. The van der Waals surface area contributed by atoms with E-state index in [4.69, 9.17) is 16.3 Å². The molecule has 1 aliphatic rings. The Morgan fingerprint density at radius 1 is 0.947 bits per heavy atom. The monoisotopic (exact) mass is 549 g/mol. The first kappa shape index (κ1) is 27.7. The van der Waals surface area contributed by atoms with E-state index in [9.17, 15) is 15.0 Å². The summed E-state index contributed by atoms with van der Waals surface area (Å²) in [4.78, 5) is 11.8. The SMILES string of the molecule is Cl.O=C(O)c1ccc(-c2ccc3c(c2)C[C@@H](NC[C@H](O)c2cccc(Cl)c2)CC3)cc1Oc1ccccc1. The van der Waals surface area contributed by atoms with Gasteiger partial charge in [-0.05, 0) is 83.5 Å². The highest BCUT2D eigenvalue weighted by Gasteiger charge is 2.21. The number of carboxylic acid groups (broad SMARTS) is 1. The highest BCUT2D eigenvalue weighted by Crippen LogP contribution is 2.33. The second kappa shape index (κ2) is 12.5. The summed E-state index contributed by atoms with van der Waals surface area (Å²) in [5.41, 5.74) is 5.40. The molecule has 38 heavy (non-hydrogen) atoms. The molecule has 3 N–H and O–H groups in total. The molecule has 0 unspecified atom stereocenters. The molecular weight excluding hydrogens is 521 g/mol. The molecule has 0 aromatic heterocycles. The van der Waals surface area contributed by atoms with E-state index in [0.717, 1.165) is 36.0 Å². The Bertz CT molecular complexity index is 1410. The molecule has 0 saturated carbocycles. The van der Waals surface area contributed by atoms with Crippen molar-refractivity contribution in [2.75, 3.05) is 6.54 Å². The van der Waals surface area contributed by atoms with Crippen molar-refractivity contribution in [2.24, 2.45) is 0 Å². The number of carboxylic acids is 1. The molecule has 0 spiro atoms. The van der Waals surface area contributed by atoms with Crippen LogP contribution in [0.15, 0.2) is 91.0 Å². The van der Waals surface area contributed by atoms with E-state index in [1.54, 1.807) is 36.4 Å². The average molecular weight is 550 g/mol. The normalized spacial score (nSPS) is 15.2. The first-order valence-electron chi connectivity index (χ1n) is 12.4. The predicted molar refractivity (Wildman–Crippen MR) is 153 cm³/mol. The molecular formula is C31H29Cl2NO4. The number of fused-ring (bicyclic) bond motifs is 1. The smallest absolute Gasteiger partial charge is 0.339 e. The number of hydrogen-bond acceptors (Lipinski definition) is 4. The van der Waals surface area contributed by atoms with Crippen molar-refractivity contribution in [1.29, 1.82) is 0 Å². The molecule has 0 heterocycles. The van der Waals surface area contributed by atoms with Crippen LogP contribution in [0.5, 0.6) is 11.5 Å². The molecule has 0 saturated heterocycles. The molecule has 5 nitrogen and oxygen atoms in total. The lowest BCUT2D eigenvalue weighted by Crippen LogP contribution is -2.37. The van der Waals surface area contributed by atoms with Crippen LogP contribution in [0.4, 0.5) is 0 Å². The molecule has 0 aliphatic heterocycles. The van der Waals surface area contributed by atoms with Gasteiger partial charge in [-0.3, -0.25) is 0 Å². The molecule has 4 aromatic rings. The van der Waals surface area contributed by atoms with Crippen molar-refractivity contribution in [1.82, 2.24) is 5.32 Å². The van der Waals surface area contributed by atoms with Crippen LogP contribution in [0.2, 0.25) is 5.02 Å². The first-order chi connectivity index (χ1) is 18.0. The number of hydrogen-bond donors (Lipinski definition) is 3. The van der Waals surface area contributed by atoms with Crippen molar-refractivity contribution in [2.45, 2.75) is 31.4 Å². The lowest BCUT2D eigenvalue weighted by atomic mass is 9.86. The molecule has 2 atom stereocenters. The van der Waals surface area contributed by atoms with E-state index in [1.807, 2.05) is 36.4 Å². The average Bonchev–Trinajstić information content (AvgIpc) is 2.91. The summed E-state index contributed by atoms with van der Waals surface area (Å²) in [7, 11) is 0. The summed E-state index contributed by atoms with van der Waals surface area (Å²) in [6.45, 7) is 0.455. The van der Waals surface area contributed by atoms with Crippen molar-refractivity contribution < 1.29 is 19.7 Å². The zero-order valence-electron chi connectivity index (χ0n) is 20.6. The van der Waals surface area contributed by atoms with Gasteiger partial charge in [0.2, 0.25) is 0 Å². The number of para-hydroxylation sites is 1. The van der Waals surface area contributed by atoms with Crippen molar-refractivity contribution in [3.8, 4) is 22.6 Å². The molecule has 0 radical (unpaired) electrons. The molecule has 0 fully saturated rings. The van der Waals surface area contributed by atoms with Crippen LogP contribution in [0.1, 0.15) is 39.6 Å². The second-order valence-corrected chi connectivity index (χ2v) is 9.77. The third-order valence-corrected chi connectivity index (χ3v) is 7.02. The van der Waals surface area contributed by atoms with E-state index in [-0.39, 0.29) is 24.0 Å². The van der Waals surface area contributed by atoms with Crippen LogP contribution in [-0.4, -0.2) is 28.8 Å². The summed E-state index contributed by atoms with van der Waals surface area (Å²) < 4.78 is 5.94. The van der Waals surface area contributed by atoms with Gasteiger partial charge in [0, 0.05) is 17.6 Å².